The van der Waals surface area contributed by atoms with E-state index in [-0.39, 0.29) is 12.4 Å². The van der Waals surface area contributed by atoms with Crippen LogP contribution in [-0.2, 0) is 27.2 Å². The second kappa shape index (κ2) is 13.5. The Kier molecular flexibility index (Phi) is 11.8. The summed E-state index contributed by atoms with van der Waals surface area (Å²) < 4.78 is 12.0. The summed E-state index contributed by atoms with van der Waals surface area (Å²) in [7, 11) is 5.87. The van der Waals surface area contributed by atoms with Gasteiger partial charge in [-0.15, -0.1) is 0 Å². The zero-order chi connectivity index (χ0) is 22.6. The number of likely N-dealkylation sites (N-methyl/N-ethyl adjacent to an activating group) is 1. The Morgan fingerprint density at radius 1 is 1.07 bits per heavy atom. The van der Waals surface area contributed by atoms with Gasteiger partial charge in [0, 0.05) is 19.3 Å². The maximum absolute atomic E-state index is 12.1. The van der Waals surface area contributed by atoms with Crippen molar-refractivity contribution in [3.63, 3.8) is 0 Å². The molecule has 6 nitrogen and oxygen atoms in total. The fraction of sp³-hybridized carbons (Fsp3) is 0.750. The van der Waals surface area contributed by atoms with Crippen molar-refractivity contribution in [2.75, 3.05) is 27.7 Å². The van der Waals surface area contributed by atoms with Crippen molar-refractivity contribution >= 4 is 11.9 Å². The highest BCUT2D eigenvalue weighted by Crippen LogP contribution is 2.20. The van der Waals surface area contributed by atoms with Crippen LogP contribution in [0.4, 0.5) is 0 Å². The minimum Gasteiger partial charge on any atom is -0.481 e. The molecule has 6 heteroatoms. The van der Waals surface area contributed by atoms with Gasteiger partial charge in [0.2, 0.25) is 0 Å². The number of aliphatic carboxylic acids is 1. The first kappa shape index (κ1) is 26.2. The number of esters is 1. The zero-order valence-electron chi connectivity index (χ0n) is 19.7. The van der Waals surface area contributed by atoms with Crippen LogP contribution in [0.2, 0.25) is 0 Å². The first-order valence-corrected chi connectivity index (χ1v) is 11.4. The zero-order valence-corrected chi connectivity index (χ0v) is 19.7. The third-order valence-corrected chi connectivity index (χ3v) is 5.08. The summed E-state index contributed by atoms with van der Waals surface area (Å²) in [6.45, 7) is 4.81. The molecule has 1 heterocycles. The summed E-state index contributed by atoms with van der Waals surface area (Å²) >= 11 is 0. The van der Waals surface area contributed by atoms with Gasteiger partial charge in [0.1, 0.15) is 18.1 Å². The predicted molar refractivity (Wildman–Crippen MR) is 118 cm³/mol. The van der Waals surface area contributed by atoms with E-state index in [1.54, 1.807) is 0 Å². The maximum Gasteiger partial charge on any atom is 0.307 e. The molecule has 172 valence electrons. The molecule has 1 atom stereocenters. The van der Waals surface area contributed by atoms with Crippen LogP contribution in [-0.4, -0.2) is 55.3 Å². The molecule has 0 aliphatic rings. The number of hydrogen-bond donors (Lipinski definition) is 1. The molecule has 0 aliphatic heterocycles. The van der Waals surface area contributed by atoms with Crippen LogP contribution in [0.5, 0.6) is 0 Å². The average Bonchev–Trinajstić information content (AvgIpc) is 2.95. The minimum absolute atomic E-state index is 0.149. The van der Waals surface area contributed by atoms with E-state index in [9.17, 15) is 9.59 Å². The smallest absolute Gasteiger partial charge is 0.307 e. The number of aryl methyl sites for hydroxylation is 3. The molecule has 0 radical (unpaired) electrons. The van der Waals surface area contributed by atoms with Gasteiger partial charge in [-0.3, -0.25) is 9.59 Å². The van der Waals surface area contributed by atoms with Crippen molar-refractivity contribution in [1.29, 1.82) is 0 Å². The topological polar surface area (TPSA) is 76.7 Å². The maximum atomic E-state index is 12.1. The molecule has 0 saturated heterocycles. The van der Waals surface area contributed by atoms with Crippen LogP contribution in [0.3, 0.4) is 0 Å². The molecule has 0 fully saturated rings. The van der Waals surface area contributed by atoms with Crippen LogP contribution in [0.1, 0.15) is 81.8 Å². The van der Waals surface area contributed by atoms with E-state index in [1.165, 1.54) is 24.8 Å². The highest BCUT2D eigenvalue weighted by Gasteiger charge is 2.24. The summed E-state index contributed by atoms with van der Waals surface area (Å²) in [5.41, 5.74) is 1.24. The van der Waals surface area contributed by atoms with Gasteiger partial charge in [-0.1, -0.05) is 32.6 Å². The minimum atomic E-state index is -0.942. The first-order valence-electron chi connectivity index (χ1n) is 11.4. The van der Waals surface area contributed by atoms with Gasteiger partial charge >= 0.3 is 11.9 Å². The van der Waals surface area contributed by atoms with Crippen molar-refractivity contribution in [3.05, 3.63) is 23.2 Å². The lowest BCUT2D eigenvalue weighted by Crippen LogP contribution is -2.43. The van der Waals surface area contributed by atoms with Gasteiger partial charge < -0.3 is 18.7 Å². The molecule has 0 amide bonds. The quantitative estimate of drug-likeness (QED) is 0.232. The van der Waals surface area contributed by atoms with Crippen molar-refractivity contribution in [3.8, 4) is 0 Å². The Labute approximate surface area is 182 Å². The summed E-state index contributed by atoms with van der Waals surface area (Å²) in [4.78, 5) is 23.1. The SMILES string of the molecule is CCCCCc1cc(C)c(CCCCCCC(=O)OC(CC(=O)O)C[N+](C)(C)C)o1. The molecular formula is C24H42NO5+. The van der Waals surface area contributed by atoms with Gasteiger partial charge in [0.05, 0.1) is 27.6 Å². The van der Waals surface area contributed by atoms with Crippen molar-refractivity contribution < 1.29 is 28.3 Å². The Bertz CT molecular complexity index is 645. The van der Waals surface area contributed by atoms with Gasteiger partial charge in [-0.2, -0.15) is 0 Å². The van der Waals surface area contributed by atoms with Crippen LogP contribution < -0.4 is 0 Å². The van der Waals surface area contributed by atoms with E-state index < -0.39 is 12.1 Å². The van der Waals surface area contributed by atoms with E-state index in [4.69, 9.17) is 14.3 Å². The highest BCUT2D eigenvalue weighted by molar-refractivity contribution is 5.71. The normalized spacial score (nSPS) is 12.7. The Morgan fingerprint density at radius 3 is 2.37 bits per heavy atom. The van der Waals surface area contributed by atoms with Crippen molar-refractivity contribution in [2.24, 2.45) is 0 Å². The third-order valence-electron chi connectivity index (χ3n) is 5.08. The predicted octanol–water partition coefficient (Wildman–Crippen LogP) is 4.91. The Hall–Kier alpha value is -1.82. The summed E-state index contributed by atoms with van der Waals surface area (Å²) in [6.07, 6.45) is 9.02. The molecule has 30 heavy (non-hydrogen) atoms. The van der Waals surface area contributed by atoms with Crippen molar-refractivity contribution in [2.45, 2.75) is 90.6 Å². The summed E-state index contributed by atoms with van der Waals surface area (Å²) in [6, 6.07) is 2.17. The number of carbonyl (C=O) groups is 2. The van der Waals surface area contributed by atoms with Gasteiger partial charge in [0.15, 0.2) is 6.10 Å². The fourth-order valence-corrected chi connectivity index (χ4v) is 3.61. The number of nitrogens with zero attached hydrogens (tertiary/aromatic N) is 1. The number of furan rings is 1. The molecule has 1 aromatic heterocycles. The molecule has 0 aliphatic carbocycles. The molecule has 1 unspecified atom stereocenters. The first-order chi connectivity index (χ1) is 14.1. The van der Waals surface area contributed by atoms with E-state index in [2.05, 4.69) is 19.9 Å². The highest BCUT2D eigenvalue weighted by atomic mass is 16.5. The summed E-state index contributed by atoms with van der Waals surface area (Å²) in [5.74, 6) is 0.956. The van der Waals surface area contributed by atoms with E-state index >= 15 is 0 Å². The van der Waals surface area contributed by atoms with Crippen LogP contribution in [0.15, 0.2) is 10.5 Å². The Morgan fingerprint density at radius 2 is 1.73 bits per heavy atom. The lowest BCUT2D eigenvalue weighted by atomic mass is 10.1. The molecule has 0 saturated carbocycles. The number of carboxylic acid groups (broad SMARTS) is 1. The van der Waals surface area contributed by atoms with E-state index in [0.717, 1.165) is 50.0 Å². The number of hydrogen-bond acceptors (Lipinski definition) is 4. The molecule has 0 bridgehead atoms. The molecular weight excluding hydrogens is 382 g/mol. The number of unbranched alkanes of at least 4 members (excludes halogenated alkanes) is 5. The summed E-state index contributed by atoms with van der Waals surface area (Å²) in [5, 5.41) is 9.03. The van der Waals surface area contributed by atoms with Crippen LogP contribution >= 0.6 is 0 Å². The molecule has 1 rings (SSSR count). The van der Waals surface area contributed by atoms with Gasteiger partial charge in [-0.05, 0) is 37.8 Å². The van der Waals surface area contributed by atoms with Crippen LogP contribution in [0, 0.1) is 6.92 Å². The average molecular weight is 425 g/mol. The Balaban J connectivity index is 2.25. The molecule has 0 aromatic carbocycles. The molecule has 1 aromatic rings. The van der Waals surface area contributed by atoms with Gasteiger partial charge in [-0.25, -0.2) is 0 Å². The van der Waals surface area contributed by atoms with E-state index in [0.29, 0.717) is 17.4 Å². The lowest BCUT2D eigenvalue weighted by Gasteiger charge is -2.28. The number of carbonyl (C=O) groups excluding carboxylic acids is 1. The number of carboxylic acids is 1. The molecule has 0 spiro atoms. The monoisotopic (exact) mass is 424 g/mol. The number of quaternary nitrogens is 1. The lowest BCUT2D eigenvalue weighted by molar-refractivity contribution is -0.873. The van der Waals surface area contributed by atoms with Crippen LogP contribution in [0.25, 0.3) is 0 Å². The van der Waals surface area contributed by atoms with Gasteiger partial charge in [0.25, 0.3) is 0 Å². The largest absolute Gasteiger partial charge is 0.481 e. The molecule has 1 N–H and O–H groups in total. The van der Waals surface area contributed by atoms with Crippen molar-refractivity contribution in [1.82, 2.24) is 0 Å². The number of ether oxygens (including phenoxy) is 1. The fourth-order valence-electron chi connectivity index (χ4n) is 3.61. The second-order valence-corrected chi connectivity index (χ2v) is 9.37. The number of rotatable bonds is 16. The third kappa shape index (κ3) is 12.0. The standard InChI is InChI=1S/C24H41NO5/c1-6-7-10-13-20-16-19(2)22(29-20)14-11-8-9-12-15-24(28)30-21(17-23(26)27)18-25(3,4)5/h16,21H,6-15,17-18H2,1-5H3/p+1. The second-order valence-electron chi connectivity index (χ2n) is 9.37. The van der Waals surface area contributed by atoms with E-state index in [1.807, 2.05) is 21.1 Å².